The lowest BCUT2D eigenvalue weighted by atomic mass is 10.0. The van der Waals surface area contributed by atoms with E-state index in [-0.39, 0.29) is 0 Å². The van der Waals surface area contributed by atoms with Gasteiger partial charge in [0.2, 0.25) is 0 Å². The molecule has 0 aromatic carbocycles. The molecule has 0 fully saturated rings. The summed E-state index contributed by atoms with van der Waals surface area (Å²) in [5.41, 5.74) is 1.50. The number of unbranched alkanes of at least 4 members (excludes halogenated alkanes) is 10. The van der Waals surface area contributed by atoms with Gasteiger partial charge in [-0.15, -0.1) is 11.3 Å². The van der Waals surface area contributed by atoms with Crippen molar-refractivity contribution in [3.8, 4) is 0 Å². The minimum atomic E-state index is 1.31. The standard InChI is InChI=1S/C18H32S/c1-3-4-5-6-7-8-9-10-11-12-13-14-18-17(2)15-16-19-18/h15-16H,3-14H2,1-2H3. The molecule has 0 aliphatic heterocycles. The van der Waals surface area contributed by atoms with Gasteiger partial charge in [0.1, 0.15) is 0 Å². The largest absolute Gasteiger partial charge is 0.149 e. The number of aryl methyl sites for hydroxylation is 2. The Kier molecular flexibility index (Phi) is 10.2. The third-order valence-corrected chi connectivity index (χ3v) is 5.06. The first-order chi connectivity index (χ1) is 9.34. The highest BCUT2D eigenvalue weighted by molar-refractivity contribution is 7.10. The van der Waals surface area contributed by atoms with Crippen molar-refractivity contribution in [2.75, 3.05) is 0 Å². The average Bonchev–Trinajstić information content (AvgIpc) is 2.82. The summed E-state index contributed by atoms with van der Waals surface area (Å²) < 4.78 is 0. The van der Waals surface area contributed by atoms with Crippen molar-refractivity contribution in [2.45, 2.75) is 90.9 Å². The molecule has 110 valence electrons. The van der Waals surface area contributed by atoms with Gasteiger partial charge >= 0.3 is 0 Å². The monoisotopic (exact) mass is 280 g/mol. The maximum absolute atomic E-state index is 2.29. The summed E-state index contributed by atoms with van der Waals surface area (Å²) in [6, 6.07) is 2.25. The van der Waals surface area contributed by atoms with Crippen LogP contribution in [0.2, 0.25) is 0 Å². The molecule has 1 rings (SSSR count). The molecule has 0 nitrogen and oxygen atoms in total. The fourth-order valence-electron chi connectivity index (χ4n) is 2.61. The Balaban J connectivity index is 1.80. The molecule has 0 N–H and O–H groups in total. The Bertz CT molecular complexity index is 300. The Morgan fingerprint density at radius 1 is 0.789 bits per heavy atom. The van der Waals surface area contributed by atoms with Crippen molar-refractivity contribution < 1.29 is 0 Å². The second-order valence-electron chi connectivity index (χ2n) is 5.81. The molecule has 0 saturated heterocycles. The molecule has 0 spiro atoms. The first-order valence-corrected chi connectivity index (χ1v) is 9.25. The molecule has 19 heavy (non-hydrogen) atoms. The van der Waals surface area contributed by atoms with Crippen LogP contribution in [0.5, 0.6) is 0 Å². The molecule has 0 atom stereocenters. The molecule has 0 radical (unpaired) electrons. The van der Waals surface area contributed by atoms with E-state index in [1.165, 1.54) is 82.6 Å². The van der Waals surface area contributed by atoms with Gasteiger partial charge in [0.05, 0.1) is 0 Å². The van der Waals surface area contributed by atoms with Crippen LogP contribution in [0.15, 0.2) is 11.4 Å². The lowest BCUT2D eigenvalue weighted by Gasteiger charge is -2.03. The van der Waals surface area contributed by atoms with E-state index in [1.807, 2.05) is 11.3 Å². The van der Waals surface area contributed by atoms with Crippen LogP contribution in [0, 0.1) is 6.92 Å². The van der Waals surface area contributed by atoms with E-state index in [9.17, 15) is 0 Å². The highest BCUT2D eigenvalue weighted by Gasteiger charge is 1.99. The minimum Gasteiger partial charge on any atom is -0.149 e. The van der Waals surface area contributed by atoms with E-state index in [4.69, 9.17) is 0 Å². The zero-order valence-electron chi connectivity index (χ0n) is 13.0. The Morgan fingerprint density at radius 2 is 1.32 bits per heavy atom. The third kappa shape index (κ3) is 8.47. The quantitative estimate of drug-likeness (QED) is 0.365. The maximum atomic E-state index is 2.29. The lowest BCUT2D eigenvalue weighted by molar-refractivity contribution is 0.550. The summed E-state index contributed by atoms with van der Waals surface area (Å²) in [6.45, 7) is 4.53. The molecular formula is C18H32S. The number of hydrogen-bond acceptors (Lipinski definition) is 1. The summed E-state index contributed by atoms with van der Waals surface area (Å²) >= 11 is 1.93. The predicted octanol–water partition coefficient (Wildman–Crippen LogP) is 6.91. The number of rotatable bonds is 12. The van der Waals surface area contributed by atoms with E-state index in [0.717, 1.165) is 0 Å². The molecule has 1 aromatic rings. The summed E-state index contributed by atoms with van der Waals surface area (Å²) in [7, 11) is 0. The summed E-state index contributed by atoms with van der Waals surface area (Å²) in [6.07, 6.45) is 17.1. The van der Waals surface area contributed by atoms with Gasteiger partial charge in [-0.25, -0.2) is 0 Å². The van der Waals surface area contributed by atoms with Gasteiger partial charge < -0.3 is 0 Å². The number of hydrogen-bond donors (Lipinski definition) is 0. The van der Waals surface area contributed by atoms with Gasteiger partial charge in [0.15, 0.2) is 0 Å². The molecule has 0 aliphatic carbocycles. The van der Waals surface area contributed by atoms with Crippen molar-refractivity contribution in [3.05, 3.63) is 21.9 Å². The molecule has 1 aromatic heterocycles. The fraction of sp³-hybridized carbons (Fsp3) is 0.778. The van der Waals surface area contributed by atoms with E-state index < -0.39 is 0 Å². The van der Waals surface area contributed by atoms with Crippen LogP contribution in [0.4, 0.5) is 0 Å². The van der Waals surface area contributed by atoms with Gasteiger partial charge in [0.25, 0.3) is 0 Å². The van der Waals surface area contributed by atoms with E-state index in [1.54, 1.807) is 4.88 Å². The van der Waals surface area contributed by atoms with Crippen LogP contribution in [0.25, 0.3) is 0 Å². The lowest BCUT2D eigenvalue weighted by Crippen LogP contribution is -1.85. The van der Waals surface area contributed by atoms with E-state index in [2.05, 4.69) is 25.3 Å². The fourth-order valence-corrected chi connectivity index (χ4v) is 3.56. The van der Waals surface area contributed by atoms with Crippen LogP contribution in [-0.4, -0.2) is 0 Å². The van der Waals surface area contributed by atoms with Crippen LogP contribution in [-0.2, 0) is 6.42 Å². The van der Waals surface area contributed by atoms with Gasteiger partial charge in [0, 0.05) is 4.88 Å². The molecule has 0 bridgehead atoms. The van der Waals surface area contributed by atoms with Gasteiger partial charge in [-0.3, -0.25) is 0 Å². The summed E-state index contributed by atoms with van der Waals surface area (Å²) in [5.74, 6) is 0. The molecule has 0 saturated carbocycles. The zero-order chi connectivity index (χ0) is 13.8. The topological polar surface area (TPSA) is 0 Å². The predicted molar refractivity (Wildman–Crippen MR) is 89.2 cm³/mol. The van der Waals surface area contributed by atoms with Crippen LogP contribution < -0.4 is 0 Å². The van der Waals surface area contributed by atoms with Crippen LogP contribution >= 0.6 is 11.3 Å². The highest BCUT2D eigenvalue weighted by Crippen LogP contribution is 2.19. The van der Waals surface area contributed by atoms with Gasteiger partial charge in [-0.1, -0.05) is 71.1 Å². The van der Waals surface area contributed by atoms with Crippen molar-refractivity contribution in [2.24, 2.45) is 0 Å². The van der Waals surface area contributed by atoms with Gasteiger partial charge in [-0.05, 0) is 36.8 Å². The van der Waals surface area contributed by atoms with E-state index in [0.29, 0.717) is 0 Å². The van der Waals surface area contributed by atoms with Gasteiger partial charge in [-0.2, -0.15) is 0 Å². The normalized spacial score (nSPS) is 11.1. The van der Waals surface area contributed by atoms with Crippen LogP contribution in [0.1, 0.15) is 88.0 Å². The minimum absolute atomic E-state index is 1.31. The Labute approximate surface area is 124 Å². The Hall–Kier alpha value is -0.300. The maximum Gasteiger partial charge on any atom is 0.00743 e. The second kappa shape index (κ2) is 11.5. The molecule has 1 heteroatoms. The SMILES string of the molecule is CCCCCCCCCCCCCc1sccc1C. The first kappa shape index (κ1) is 16.8. The smallest absolute Gasteiger partial charge is 0.00743 e. The molecule has 0 amide bonds. The molecule has 0 aliphatic rings. The second-order valence-corrected chi connectivity index (χ2v) is 6.81. The summed E-state index contributed by atoms with van der Waals surface area (Å²) in [5, 5.41) is 2.23. The van der Waals surface area contributed by atoms with Crippen molar-refractivity contribution >= 4 is 11.3 Å². The third-order valence-electron chi connectivity index (χ3n) is 3.98. The average molecular weight is 281 g/mol. The van der Waals surface area contributed by atoms with Crippen molar-refractivity contribution in [1.29, 1.82) is 0 Å². The zero-order valence-corrected chi connectivity index (χ0v) is 13.9. The molecule has 0 unspecified atom stereocenters. The highest BCUT2D eigenvalue weighted by atomic mass is 32.1. The van der Waals surface area contributed by atoms with E-state index >= 15 is 0 Å². The van der Waals surface area contributed by atoms with Crippen molar-refractivity contribution in [3.63, 3.8) is 0 Å². The molecule has 1 heterocycles. The molecular weight excluding hydrogens is 248 g/mol. The number of thiophene rings is 1. The first-order valence-electron chi connectivity index (χ1n) is 8.37. The Morgan fingerprint density at radius 3 is 1.79 bits per heavy atom. The summed E-state index contributed by atoms with van der Waals surface area (Å²) in [4.78, 5) is 1.61. The van der Waals surface area contributed by atoms with Crippen LogP contribution in [0.3, 0.4) is 0 Å². The van der Waals surface area contributed by atoms with Crippen molar-refractivity contribution in [1.82, 2.24) is 0 Å².